The maximum Gasteiger partial charge on any atom is 0.256 e. The van der Waals surface area contributed by atoms with Crippen LogP contribution in [0.4, 0.5) is 11.5 Å². The second-order valence-electron chi connectivity index (χ2n) is 10.2. The second-order valence-corrected chi connectivity index (χ2v) is 12.4. The Labute approximate surface area is 230 Å². The van der Waals surface area contributed by atoms with Gasteiger partial charge in [-0.05, 0) is 44.4 Å². The van der Waals surface area contributed by atoms with Gasteiger partial charge in [-0.3, -0.25) is 14.3 Å². The topological polar surface area (TPSA) is 163 Å². The fourth-order valence-corrected chi connectivity index (χ4v) is 6.11. The predicted molar refractivity (Wildman–Crippen MR) is 146 cm³/mol. The molecule has 14 heteroatoms. The normalized spacial score (nSPS) is 21.9. The van der Waals surface area contributed by atoms with Crippen LogP contribution in [0.25, 0.3) is 5.65 Å². The van der Waals surface area contributed by atoms with E-state index in [0.717, 1.165) is 24.7 Å². The molecule has 2 aliphatic heterocycles. The number of aromatic nitrogens is 3. The summed E-state index contributed by atoms with van der Waals surface area (Å²) in [5, 5.41) is 15.3. The average molecular weight is 576 g/mol. The van der Waals surface area contributed by atoms with Crippen molar-refractivity contribution in [1.82, 2.24) is 19.5 Å². The van der Waals surface area contributed by atoms with E-state index in [2.05, 4.69) is 4.72 Å². The molecule has 2 fully saturated rings. The third-order valence-corrected chi connectivity index (χ3v) is 8.02. The van der Waals surface area contributed by atoms with Crippen molar-refractivity contribution in [3.05, 3.63) is 52.3 Å². The molecule has 3 atom stereocenters. The van der Waals surface area contributed by atoms with E-state index < -0.39 is 28.0 Å². The van der Waals surface area contributed by atoms with Crippen LogP contribution in [-0.2, 0) is 14.8 Å². The van der Waals surface area contributed by atoms with Crippen LogP contribution in [0.3, 0.4) is 0 Å². The van der Waals surface area contributed by atoms with Gasteiger partial charge in [0.2, 0.25) is 15.9 Å². The maximum absolute atomic E-state index is 13.8. The molecule has 1 unspecified atom stereocenters. The molecule has 2 aliphatic rings. The number of anilines is 2. The summed E-state index contributed by atoms with van der Waals surface area (Å²) >= 11 is 6.18. The summed E-state index contributed by atoms with van der Waals surface area (Å²) in [4.78, 5) is 33.8. The molecule has 4 heterocycles. The van der Waals surface area contributed by atoms with Gasteiger partial charge in [-0.15, -0.1) is 0 Å². The van der Waals surface area contributed by atoms with Crippen molar-refractivity contribution in [1.29, 1.82) is 0 Å². The van der Waals surface area contributed by atoms with Gasteiger partial charge in [-0.1, -0.05) is 11.6 Å². The van der Waals surface area contributed by atoms with Gasteiger partial charge in [0.05, 0.1) is 41.3 Å². The fraction of sp³-hybridized carbons (Fsp3) is 0.440. The molecule has 0 bridgehead atoms. The highest BCUT2D eigenvalue weighted by atomic mass is 35.5. The molecule has 5 rings (SSSR count). The van der Waals surface area contributed by atoms with Crippen LogP contribution in [-0.4, -0.2) is 76.8 Å². The molecule has 0 radical (unpaired) electrons. The van der Waals surface area contributed by atoms with Gasteiger partial charge in [0.25, 0.3) is 5.91 Å². The summed E-state index contributed by atoms with van der Waals surface area (Å²) in [5.74, 6) is -0.937. The number of hydrogen-bond donors (Lipinski definition) is 3. The number of primary amides is 1. The van der Waals surface area contributed by atoms with E-state index in [1.54, 1.807) is 9.42 Å². The van der Waals surface area contributed by atoms with Gasteiger partial charge < -0.3 is 20.6 Å². The first-order valence-electron chi connectivity index (χ1n) is 12.6. The second kappa shape index (κ2) is 10.3. The number of nitrogens with two attached hydrogens (primary N) is 1. The number of rotatable bonds is 6. The minimum Gasteiger partial charge on any atom is -0.390 e. The van der Waals surface area contributed by atoms with Crippen LogP contribution in [0.2, 0.25) is 5.02 Å². The SMILES string of the molecule is Cc1cn2nc([C@@H]3CCCCN3C(=O)c3cc(Cl)ccc3NS(C)(=O)=O)cc2nc1N1CC(C(N)=O)[C@H](O)C1. The molecule has 0 saturated carbocycles. The monoisotopic (exact) mass is 575 g/mol. The zero-order chi connectivity index (χ0) is 28.1. The summed E-state index contributed by atoms with van der Waals surface area (Å²) in [5.41, 5.74) is 7.78. The summed E-state index contributed by atoms with van der Waals surface area (Å²) in [6, 6.07) is 5.94. The number of likely N-dealkylation sites (tertiary alicyclic amines) is 1. The third-order valence-electron chi connectivity index (χ3n) is 7.19. The first kappa shape index (κ1) is 27.2. The summed E-state index contributed by atoms with van der Waals surface area (Å²) in [7, 11) is -3.62. The van der Waals surface area contributed by atoms with Gasteiger partial charge in [0.15, 0.2) is 5.65 Å². The third kappa shape index (κ3) is 5.52. The number of nitrogens with one attached hydrogen (secondary N) is 1. The number of aryl methyl sites for hydroxylation is 1. The van der Waals surface area contributed by atoms with Crippen molar-refractivity contribution >= 4 is 50.6 Å². The largest absolute Gasteiger partial charge is 0.390 e. The van der Waals surface area contributed by atoms with Crippen molar-refractivity contribution in [3.63, 3.8) is 0 Å². The van der Waals surface area contributed by atoms with Crippen LogP contribution < -0.4 is 15.4 Å². The number of halogens is 1. The number of amides is 2. The van der Waals surface area contributed by atoms with E-state index in [4.69, 9.17) is 27.4 Å². The van der Waals surface area contributed by atoms with Crippen molar-refractivity contribution in [2.75, 3.05) is 35.5 Å². The number of carbonyl (C=O) groups excluding carboxylic acids is 2. The number of sulfonamides is 1. The molecule has 0 spiro atoms. The number of fused-ring (bicyclic) bond motifs is 1. The molecule has 39 heavy (non-hydrogen) atoms. The molecule has 2 saturated heterocycles. The minimum atomic E-state index is -3.62. The van der Waals surface area contributed by atoms with E-state index >= 15 is 0 Å². The quantitative estimate of drug-likeness (QED) is 0.400. The highest BCUT2D eigenvalue weighted by Crippen LogP contribution is 2.34. The van der Waals surface area contributed by atoms with E-state index in [1.807, 2.05) is 24.1 Å². The van der Waals surface area contributed by atoms with Gasteiger partial charge in [-0.2, -0.15) is 5.10 Å². The number of benzene rings is 1. The smallest absolute Gasteiger partial charge is 0.256 e. The molecule has 2 amide bonds. The molecule has 1 aromatic carbocycles. The number of aliphatic hydroxyl groups excluding tert-OH is 1. The Balaban J connectivity index is 1.47. The molecule has 208 valence electrons. The Hall–Kier alpha value is -3.42. The van der Waals surface area contributed by atoms with Crippen LogP contribution in [0, 0.1) is 12.8 Å². The van der Waals surface area contributed by atoms with Crippen LogP contribution >= 0.6 is 11.6 Å². The Morgan fingerprint density at radius 3 is 2.67 bits per heavy atom. The molecule has 12 nitrogen and oxygen atoms in total. The summed E-state index contributed by atoms with van der Waals surface area (Å²) < 4.78 is 27.9. The zero-order valence-corrected chi connectivity index (χ0v) is 23.1. The number of β-amino-alcohol motifs (C(OH)–C–C–N with tert-alkyl or cyclic N) is 1. The fourth-order valence-electron chi connectivity index (χ4n) is 5.36. The standard InChI is InChI=1S/C25H30ClN7O5S/c1-14-11-33-22(28-24(14)31-12-17(23(27)35)21(34)13-31)10-19(29-33)20-5-3-4-8-32(20)25(36)16-9-15(26)6-7-18(16)30-39(2,37)38/h6-7,9-11,17,20-21,30,34H,3-5,8,12-13H2,1-2H3,(H2,27,35)/t17?,20-,21+/m0/s1. The summed E-state index contributed by atoms with van der Waals surface area (Å²) in [6.07, 6.45) is 4.35. The Bertz CT molecular complexity index is 1560. The maximum atomic E-state index is 13.8. The van der Waals surface area contributed by atoms with Crippen molar-refractivity contribution in [2.24, 2.45) is 11.7 Å². The Kier molecular flexibility index (Phi) is 7.16. The predicted octanol–water partition coefficient (Wildman–Crippen LogP) is 1.71. The Morgan fingerprint density at radius 1 is 1.21 bits per heavy atom. The lowest BCUT2D eigenvalue weighted by molar-refractivity contribution is -0.123. The van der Waals surface area contributed by atoms with Gasteiger partial charge in [0, 0.05) is 42.5 Å². The molecular formula is C25H30ClN7O5S. The van der Waals surface area contributed by atoms with E-state index in [1.165, 1.54) is 18.2 Å². The highest BCUT2D eigenvalue weighted by Gasteiger charge is 2.37. The lowest BCUT2D eigenvalue weighted by Crippen LogP contribution is -2.39. The lowest BCUT2D eigenvalue weighted by Gasteiger charge is -2.35. The minimum absolute atomic E-state index is 0.162. The van der Waals surface area contributed by atoms with Crippen LogP contribution in [0.1, 0.15) is 46.9 Å². The van der Waals surface area contributed by atoms with Gasteiger partial charge in [-0.25, -0.2) is 17.9 Å². The zero-order valence-electron chi connectivity index (χ0n) is 21.5. The van der Waals surface area contributed by atoms with Crippen LogP contribution in [0.15, 0.2) is 30.5 Å². The van der Waals surface area contributed by atoms with Crippen LogP contribution in [0.5, 0.6) is 0 Å². The van der Waals surface area contributed by atoms with E-state index in [9.17, 15) is 23.1 Å². The number of carbonyl (C=O) groups is 2. The number of piperidine rings is 1. The molecular weight excluding hydrogens is 546 g/mol. The molecule has 2 aromatic heterocycles. The van der Waals surface area contributed by atoms with Crippen molar-refractivity contribution in [3.8, 4) is 0 Å². The van der Waals surface area contributed by atoms with Crippen molar-refractivity contribution in [2.45, 2.75) is 38.3 Å². The summed E-state index contributed by atoms with van der Waals surface area (Å²) in [6.45, 7) is 2.86. The first-order chi connectivity index (χ1) is 18.4. The van der Waals surface area contributed by atoms with Gasteiger partial charge >= 0.3 is 0 Å². The molecule has 3 aromatic rings. The Morgan fingerprint density at radius 2 is 1.97 bits per heavy atom. The van der Waals surface area contributed by atoms with E-state index in [-0.39, 0.29) is 36.3 Å². The average Bonchev–Trinajstić information content (AvgIpc) is 3.46. The van der Waals surface area contributed by atoms with Crippen molar-refractivity contribution < 1.29 is 23.1 Å². The first-order valence-corrected chi connectivity index (χ1v) is 14.9. The lowest BCUT2D eigenvalue weighted by atomic mass is 9.98. The molecule has 4 N–H and O–H groups in total. The molecule has 0 aliphatic carbocycles. The number of hydrogen-bond acceptors (Lipinski definition) is 8. The number of nitrogens with zero attached hydrogens (tertiary/aromatic N) is 5. The van der Waals surface area contributed by atoms with E-state index in [0.29, 0.717) is 35.1 Å². The number of aliphatic hydroxyl groups is 1. The highest BCUT2D eigenvalue weighted by molar-refractivity contribution is 7.92. The van der Waals surface area contributed by atoms with Gasteiger partial charge in [0.1, 0.15) is 5.82 Å².